The van der Waals surface area contributed by atoms with Crippen LogP contribution in [0.25, 0.3) is 0 Å². The lowest BCUT2D eigenvalue weighted by molar-refractivity contribution is 0.323. The van der Waals surface area contributed by atoms with Crippen molar-refractivity contribution in [3.63, 3.8) is 0 Å². The maximum atomic E-state index is 4.34. The first-order chi connectivity index (χ1) is 8.24. The van der Waals surface area contributed by atoms with Gasteiger partial charge in [-0.3, -0.25) is 0 Å². The van der Waals surface area contributed by atoms with E-state index in [1.165, 1.54) is 38.3 Å². The molecule has 0 bridgehead atoms. The van der Waals surface area contributed by atoms with Crippen LogP contribution < -0.4 is 5.32 Å². The summed E-state index contributed by atoms with van der Waals surface area (Å²) in [6.07, 6.45) is 2.45. The fourth-order valence-electron chi connectivity index (χ4n) is 2.32. The molecule has 0 saturated carbocycles. The van der Waals surface area contributed by atoms with E-state index in [4.69, 9.17) is 0 Å². The van der Waals surface area contributed by atoms with Gasteiger partial charge in [0.25, 0.3) is 0 Å². The number of nitrogens with zero attached hydrogens (tertiary/aromatic N) is 2. The molecule has 1 aromatic heterocycles. The Balaban J connectivity index is 1.64. The second-order valence-corrected chi connectivity index (χ2v) is 5.97. The molecule has 2 heterocycles. The first-order valence-corrected chi connectivity index (χ1v) is 7.51. The SMILES string of the molecule is CC(C)NCC1CCN(CCc2cscn2)C1. The number of likely N-dealkylation sites (tertiary alicyclic amines) is 1. The van der Waals surface area contributed by atoms with Crippen LogP contribution >= 0.6 is 11.3 Å². The minimum atomic E-state index is 0.610. The standard InChI is InChI=1S/C13H23N3S/c1-11(2)14-7-12-3-5-16(8-12)6-4-13-9-17-10-15-13/h9-12,14H,3-8H2,1-2H3. The number of thiazole rings is 1. The zero-order valence-corrected chi connectivity index (χ0v) is 11.7. The highest BCUT2D eigenvalue weighted by Crippen LogP contribution is 2.16. The van der Waals surface area contributed by atoms with Gasteiger partial charge in [0, 0.05) is 30.9 Å². The molecule has 0 aliphatic carbocycles. The molecule has 1 aliphatic heterocycles. The van der Waals surface area contributed by atoms with Crippen LogP contribution in [0.4, 0.5) is 0 Å². The van der Waals surface area contributed by atoms with E-state index in [-0.39, 0.29) is 0 Å². The summed E-state index contributed by atoms with van der Waals surface area (Å²) in [6, 6.07) is 0.610. The molecule has 0 aromatic carbocycles. The summed E-state index contributed by atoms with van der Waals surface area (Å²) in [5.74, 6) is 0.841. The molecular weight excluding hydrogens is 230 g/mol. The lowest BCUT2D eigenvalue weighted by Gasteiger charge is -2.16. The van der Waals surface area contributed by atoms with Crippen molar-refractivity contribution in [2.45, 2.75) is 32.7 Å². The van der Waals surface area contributed by atoms with Crippen molar-refractivity contribution in [1.82, 2.24) is 15.2 Å². The van der Waals surface area contributed by atoms with Gasteiger partial charge in [-0.15, -0.1) is 11.3 Å². The van der Waals surface area contributed by atoms with Crippen LogP contribution in [-0.4, -0.2) is 42.1 Å². The van der Waals surface area contributed by atoms with Crippen LogP contribution in [0.3, 0.4) is 0 Å². The number of hydrogen-bond acceptors (Lipinski definition) is 4. The lowest BCUT2D eigenvalue weighted by Crippen LogP contribution is -2.31. The average Bonchev–Trinajstić information content (AvgIpc) is 2.95. The quantitative estimate of drug-likeness (QED) is 0.840. The van der Waals surface area contributed by atoms with Gasteiger partial charge in [0.15, 0.2) is 0 Å². The number of rotatable bonds is 6. The van der Waals surface area contributed by atoms with Crippen molar-refractivity contribution in [3.05, 3.63) is 16.6 Å². The molecule has 1 unspecified atom stereocenters. The highest BCUT2D eigenvalue weighted by atomic mass is 32.1. The molecule has 1 atom stereocenters. The first-order valence-electron chi connectivity index (χ1n) is 6.57. The Hall–Kier alpha value is -0.450. The van der Waals surface area contributed by atoms with E-state index >= 15 is 0 Å². The van der Waals surface area contributed by atoms with Gasteiger partial charge in [-0.2, -0.15) is 0 Å². The van der Waals surface area contributed by atoms with Crippen LogP contribution in [0, 0.1) is 5.92 Å². The van der Waals surface area contributed by atoms with E-state index in [0.717, 1.165) is 12.3 Å². The van der Waals surface area contributed by atoms with E-state index in [9.17, 15) is 0 Å². The number of hydrogen-bond donors (Lipinski definition) is 1. The zero-order chi connectivity index (χ0) is 12.1. The minimum Gasteiger partial charge on any atom is -0.314 e. The maximum absolute atomic E-state index is 4.34. The van der Waals surface area contributed by atoms with E-state index in [1.54, 1.807) is 11.3 Å². The highest BCUT2D eigenvalue weighted by Gasteiger charge is 2.21. The van der Waals surface area contributed by atoms with Crippen LogP contribution in [0.1, 0.15) is 26.0 Å². The number of aromatic nitrogens is 1. The van der Waals surface area contributed by atoms with Gasteiger partial charge in [-0.25, -0.2) is 4.98 Å². The third-order valence-electron chi connectivity index (χ3n) is 3.35. The van der Waals surface area contributed by atoms with E-state index < -0.39 is 0 Å². The van der Waals surface area contributed by atoms with Gasteiger partial charge in [0.1, 0.15) is 0 Å². The lowest BCUT2D eigenvalue weighted by atomic mass is 10.1. The number of nitrogens with one attached hydrogen (secondary N) is 1. The molecule has 96 valence electrons. The topological polar surface area (TPSA) is 28.2 Å². The van der Waals surface area contributed by atoms with Gasteiger partial charge < -0.3 is 10.2 Å². The predicted molar refractivity (Wildman–Crippen MR) is 73.5 cm³/mol. The molecule has 1 aromatic rings. The van der Waals surface area contributed by atoms with Gasteiger partial charge in [0.05, 0.1) is 11.2 Å². The third-order valence-corrected chi connectivity index (χ3v) is 3.99. The molecule has 17 heavy (non-hydrogen) atoms. The molecule has 4 heteroatoms. The predicted octanol–water partition coefficient (Wildman–Crippen LogP) is 2.01. The molecule has 3 nitrogen and oxygen atoms in total. The Kier molecular flexibility index (Phi) is 4.95. The van der Waals surface area contributed by atoms with E-state index in [2.05, 4.69) is 34.4 Å². The second kappa shape index (κ2) is 6.47. The average molecular weight is 253 g/mol. The molecular formula is C13H23N3S. The highest BCUT2D eigenvalue weighted by molar-refractivity contribution is 7.07. The van der Waals surface area contributed by atoms with Gasteiger partial charge in [-0.05, 0) is 25.4 Å². The summed E-state index contributed by atoms with van der Waals surface area (Å²) < 4.78 is 0. The largest absolute Gasteiger partial charge is 0.314 e. The molecule has 1 N–H and O–H groups in total. The Morgan fingerprint density at radius 2 is 2.47 bits per heavy atom. The molecule has 0 radical (unpaired) electrons. The summed E-state index contributed by atoms with van der Waals surface area (Å²) >= 11 is 1.69. The summed E-state index contributed by atoms with van der Waals surface area (Å²) in [5.41, 5.74) is 3.17. The van der Waals surface area contributed by atoms with Gasteiger partial charge in [0.2, 0.25) is 0 Å². The van der Waals surface area contributed by atoms with Crippen LogP contribution in [0.5, 0.6) is 0 Å². The second-order valence-electron chi connectivity index (χ2n) is 5.25. The minimum absolute atomic E-state index is 0.610. The van der Waals surface area contributed by atoms with Gasteiger partial charge in [-0.1, -0.05) is 13.8 Å². The van der Waals surface area contributed by atoms with Crippen molar-refractivity contribution in [2.75, 3.05) is 26.2 Å². The Bertz CT molecular complexity index is 310. The summed E-state index contributed by atoms with van der Waals surface area (Å²) in [5, 5.41) is 5.70. The monoisotopic (exact) mass is 253 g/mol. The van der Waals surface area contributed by atoms with Gasteiger partial charge >= 0.3 is 0 Å². The van der Waals surface area contributed by atoms with Crippen LogP contribution in [-0.2, 0) is 6.42 Å². The van der Waals surface area contributed by atoms with E-state index in [1.807, 2.05) is 5.51 Å². The summed E-state index contributed by atoms with van der Waals surface area (Å²) in [6.45, 7) is 9.29. The Morgan fingerprint density at radius 3 is 3.18 bits per heavy atom. The van der Waals surface area contributed by atoms with Crippen LogP contribution in [0.2, 0.25) is 0 Å². The smallest absolute Gasteiger partial charge is 0.0794 e. The Morgan fingerprint density at radius 1 is 1.59 bits per heavy atom. The maximum Gasteiger partial charge on any atom is 0.0794 e. The summed E-state index contributed by atoms with van der Waals surface area (Å²) in [4.78, 5) is 6.91. The van der Waals surface area contributed by atoms with Crippen LogP contribution in [0.15, 0.2) is 10.9 Å². The van der Waals surface area contributed by atoms with Crippen molar-refractivity contribution in [2.24, 2.45) is 5.92 Å². The fraction of sp³-hybridized carbons (Fsp3) is 0.769. The molecule has 0 spiro atoms. The van der Waals surface area contributed by atoms with Crippen molar-refractivity contribution in [3.8, 4) is 0 Å². The third kappa shape index (κ3) is 4.37. The molecule has 0 amide bonds. The normalized spacial score (nSPS) is 21.5. The molecule has 1 aliphatic rings. The van der Waals surface area contributed by atoms with E-state index in [0.29, 0.717) is 6.04 Å². The first kappa shape index (κ1) is 13.0. The fourth-order valence-corrected chi connectivity index (χ4v) is 2.91. The Labute approximate surface area is 108 Å². The van der Waals surface area contributed by atoms with Crippen molar-refractivity contribution in [1.29, 1.82) is 0 Å². The molecule has 1 fully saturated rings. The summed E-state index contributed by atoms with van der Waals surface area (Å²) in [7, 11) is 0. The van der Waals surface area contributed by atoms with Crippen molar-refractivity contribution >= 4 is 11.3 Å². The molecule has 1 saturated heterocycles. The van der Waals surface area contributed by atoms with Crippen molar-refractivity contribution < 1.29 is 0 Å². The zero-order valence-electron chi connectivity index (χ0n) is 10.9. The molecule has 2 rings (SSSR count).